The van der Waals surface area contributed by atoms with Gasteiger partial charge in [0.05, 0.1) is 11.1 Å². The maximum absolute atomic E-state index is 12.0. The molecule has 0 saturated carbocycles. The molecule has 5 nitrogen and oxygen atoms in total. The fourth-order valence-electron chi connectivity index (χ4n) is 2.04. The standard InChI is InChI=1S/C14H15NO4S/c1-20(2,19)9-10(16)7-8-15-13(17)11-5-3-4-6-12(11)14(15)18/h3-6,9H,7-8H2,1-2H3. The third-order valence-electron chi connectivity index (χ3n) is 2.88. The molecule has 1 aliphatic rings. The molecule has 0 atom stereocenters. The molecule has 2 amide bonds. The highest BCUT2D eigenvalue weighted by Crippen LogP contribution is 2.22. The number of ketones is 1. The van der Waals surface area contributed by atoms with Gasteiger partial charge in [-0.2, -0.15) is 0 Å². The topological polar surface area (TPSA) is 71.5 Å². The molecule has 1 aromatic carbocycles. The van der Waals surface area contributed by atoms with Crippen LogP contribution in [0.5, 0.6) is 0 Å². The molecular formula is C14H15NO4S. The Labute approximate surface area is 117 Å². The number of benzene rings is 1. The highest BCUT2D eigenvalue weighted by molar-refractivity contribution is 8.01. The minimum Gasteiger partial charge on any atom is -0.294 e. The zero-order valence-electron chi connectivity index (χ0n) is 11.3. The summed E-state index contributed by atoms with van der Waals surface area (Å²) in [7, 11) is -2.26. The molecule has 106 valence electrons. The van der Waals surface area contributed by atoms with Crippen LogP contribution in [-0.4, -0.2) is 51.1 Å². The van der Waals surface area contributed by atoms with E-state index >= 15 is 0 Å². The molecule has 0 saturated heterocycles. The Hall–Kier alpha value is -1.95. The lowest BCUT2D eigenvalue weighted by atomic mass is 10.1. The lowest BCUT2D eigenvalue weighted by Gasteiger charge is -2.12. The second-order valence-electron chi connectivity index (χ2n) is 4.95. The van der Waals surface area contributed by atoms with Gasteiger partial charge < -0.3 is 0 Å². The zero-order chi connectivity index (χ0) is 14.9. The summed E-state index contributed by atoms with van der Waals surface area (Å²) in [5.74, 6) is -1.09. The van der Waals surface area contributed by atoms with E-state index in [1.165, 1.54) is 12.5 Å². The van der Waals surface area contributed by atoms with Crippen LogP contribution in [0.1, 0.15) is 27.1 Å². The van der Waals surface area contributed by atoms with Gasteiger partial charge in [-0.1, -0.05) is 12.1 Å². The van der Waals surface area contributed by atoms with Crippen molar-refractivity contribution in [2.45, 2.75) is 6.42 Å². The van der Waals surface area contributed by atoms with E-state index in [2.05, 4.69) is 0 Å². The number of carbonyl (C=O) groups is 3. The van der Waals surface area contributed by atoms with E-state index in [0.717, 1.165) is 10.3 Å². The molecule has 1 aliphatic heterocycles. The number of hydrogen-bond donors (Lipinski definition) is 0. The van der Waals surface area contributed by atoms with E-state index in [4.69, 9.17) is 0 Å². The number of rotatable bonds is 4. The molecule has 0 aromatic heterocycles. The van der Waals surface area contributed by atoms with Crippen LogP contribution >= 0.6 is 0 Å². The van der Waals surface area contributed by atoms with Gasteiger partial charge in [-0.15, -0.1) is 0 Å². The van der Waals surface area contributed by atoms with E-state index in [0.29, 0.717) is 11.1 Å². The molecular weight excluding hydrogens is 278 g/mol. The summed E-state index contributed by atoms with van der Waals surface area (Å²) < 4.78 is 11.5. The molecule has 0 bridgehead atoms. The van der Waals surface area contributed by atoms with Crippen molar-refractivity contribution in [1.82, 2.24) is 4.90 Å². The molecule has 2 rings (SSSR count). The normalized spacial score (nSPS) is 14.4. The summed E-state index contributed by atoms with van der Waals surface area (Å²) in [6, 6.07) is 6.56. The van der Waals surface area contributed by atoms with Crippen LogP contribution in [0.25, 0.3) is 0 Å². The molecule has 0 fully saturated rings. The Morgan fingerprint density at radius 2 is 1.65 bits per heavy atom. The van der Waals surface area contributed by atoms with Gasteiger partial charge in [-0.05, 0) is 21.7 Å². The number of Topliss-reactive ketones (excluding diaryl/α,β-unsaturated/α-hetero) is 1. The average molecular weight is 293 g/mol. The minimum absolute atomic E-state index is 0.00978. The number of hydrogen-bond acceptors (Lipinski definition) is 4. The van der Waals surface area contributed by atoms with Crippen LogP contribution in [0, 0.1) is 0 Å². The number of fused-ring (bicyclic) bond motifs is 1. The van der Waals surface area contributed by atoms with Gasteiger partial charge in [-0.25, -0.2) is 0 Å². The molecule has 6 heteroatoms. The summed E-state index contributed by atoms with van der Waals surface area (Å²) in [4.78, 5) is 36.7. The highest BCUT2D eigenvalue weighted by atomic mass is 32.2. The van der Waals surface area contributed by atoms with Crippen molar-refractivity contribution in [3.8, 4) is 0 Å². The SMILES string of the molecule is CS(C)(=O)=CC(=O)CCN1C(=O)c2ccccc2C1=O. The van der Waals surface area contributed by atoms with Gasteiger partial charge in [0.1, 0.15) is 0 Å². The first-order chi connectivity index (χ1) is 9.29. The first-order valence-corrected chi connectivity index (χ1v) is 8.50. The zero-order valence-corrected chi connectivity index (χ0v) is 12.1. The Kier molecular flexibility index (Phi) is 3.76. The second kappa shape index (κ2) is 5.20. The third kappa shape index (κ3) is 2.96. The van der Waals surface area contributed by atoms with Gasteiger partial charge in [0.15, 0.2) is 5.78 Å². The van der Waals surface area contributed by atoms with E-state index < -0.39 is 9.52 Å². The summed E-state index contributed by atoms with van der Waals surface area (Å²) in [6.07, 6.45) is 2.92. The monoisotopic (exact) mass is 293 g/mol. The van der Waals surface area contributed by atoms with Gasteiger partial charge in [0.25, 0.3) is 11.8 Å². The van der Waals surface area contributed by atoms with Crippen molar-refractivity contribution in [2.24, 2.45) is 0 Å². The van der Waals surface area contributed by atoms with Gasteiger partial charge >= 0.3 is 0 Å². The Balaban J connectivity index is 2.11. The lowest BCUT2D eigenvalue weighted by Crippen LogP contribution is -2.32. The highest BCUT2D eigenvalue weighted by Gasteiger charge is 2.34. The number of carbonyl (C=O) groups excluding carboxylic acids is 3. The quantitative estimate of drug-likeness (QED) is 0.601. The van der Waals surface area contributed by atoms with Crippen LogP contribution in [0.3, 0.4) is 0 Å². The maximum atomic E-state index is 12.0. The first-order valence-electron chi connectivity index (χ1n) is 6.06. The van der Waals surface area contributed by atoms with Crippen molar-refractivity contribution < 1.29 is 18.6 Å². The number of imide groups is 1. The summed E-state index contributed by atoms with van der Waals surface area (Å²) in [5, 5.41) is 1.16. The summed E-state index contributed by atoms with van der Waals surface area (Å²) >= 11 is 0. The van der Waals surface area contributed by atoms with Crippen molar-refractivity contribution in [3.05, 3.63) is 35.4 Å². The minimum atomic E-state index is -2.26. The van der Waals surface area contributed by atoms with Gasteiger partial charge in [-0.3, -0.25) is 23.5 Å². The fraction of sp³-hybridized carbons (Fsp3) is 0.286. The molecule has 0 unspecified atom stereocenters. The fourth-order valence-corrected chi connectivity index (χ4v) is 2.79. The largest absolute Gasteiger partial charge is 0.294 e. The Morgan fingerprint density at radius 3 is 2.10 bits per heavy atom. The number of nitrogens with zero attached hydrogens (tertiary/aromatic N) is 1. The van der Waals surface area contributed by atoms with Crippen molar-refractivity contribution in [3.63, 3.8) is 0 Å². The molecule has 0 N–H and O–H groups in total. The smallest absolute Gasteiger partial charge is 0.261 e. The molecule has 0 radical (unpaired) electrons. The van der Waals surface area contributed by atoms with Crippen LogP contribution in [-0.2, 0) is 14.3 Å². The van der Waals surface area contributed by atoms with Crippen LogP contribution in [0.15, 0.2) is 24.3 Å². The predicted molar refractivity (Wildman–Crippen MR) is 77.5 cm³/mol. The lowest BCUT2D eigenvalue weighted by molar-refractivity contribution is -0.112. The van der Waals surface area contributed by atoms with Gasteiger partial charge in [0, 0.05) is 30.8 Å². The van der Waals surface area contributed by atoms with Crippen LogP contribution in [0.2, 0.25) is 0 Å². The summed E-state index contributed by atoms with van der Waals surface area (Å²) in [5.41, 5.74) is 0.729. The molecule has 1 heterocycles. The Morgan fingerprint density at radius 1 is 1.15 bits per heavy atom. The van der Waals surface area contributed by atoms with E-state index in [-0.39, 0.29) is 30.6 Å². The molecule has 1 aromatic rings. The van der Waals surface area contributed by atoms with Crippen molar-refractivity contribution in [1.29, 1.82) is 0 Å². The van der Waals surface area contributed by atoms with E-state index in [1.807, 2.05) is 0 Å². The predicted octanol–water partition coefficient (Wildman–Crippen LogP) is 0.588. The third-order valence-corrected chi connectivity index (χ3v) is 3.71. The molecule has 0 aliphatic carbocycles. The van der Waals surface area contributed by atoms with E-state index in [9.17, 15) is 18.6 Å². The average Bonchev–Trinajstić information content (AvgIpc) is 2.59. The van der Waals surface area contributed by atoms with Crippen LogP contribution < -0.4 is 0 Å². The Bertz CT molecular complexity index is 671. The van der Waals surface area contributed by atoms with Crippen LogP contribution in [0.4, 0.5) is 0 Å². The van der Waals surface area contributed by atoms with E-state index in [1.54, 1.807) is 24.3 Å². The number of amides is 2. The van der Waals surface area contributed by atoms with Gasteiger partial charge in [0.2, 0.25) is 0 Å². The van der Waals surface area contributed by atoms with Crippen molar-refractivity contribution in [2.75, 3.05) is 19.1 Å². The first kappa shape index (κ1) is 14.5. The molecule has 20 heavy (non-hydrogen) atoms. The second-order valence-corrected chi connectivity index (χ2v) is 7.81. The maximum Gasteiger partial charge on any atom is 0.261 e. The molecule has 0 spiro atoms. The van der Waals surface area contributed by atoms with Crippen molar-refractivity contribution >= 4 is 32.5 Å². The summed E-state index contributed by atoms with van der Waals surface area (Å²) in [6.45, 7) is 0.0111.